The number of carbonyl (C=O) groups is 2. The second kappa shape index (κ2) is 7.56. The van der Waals surface area contributed by atoms with Crippen LogP contribution < -0.4 is 15.5 Å². The molecule has 2 aromatic rings. The molecule has 1 heterocycles. The zero-order valence-electron chi connectivity index (χ0n) is 14.9. The van der Waals surface area contributed by atoms with Gasteiger partial charge in [-0.1, -0.05) is 18.2 Å². The Bertz CT molecular complexity index is 838. The van der Waals surface area contributed by atoms with Crippen molar-refractivity contribution >= 4 is 17.6 Å². The van der Waals surface area contributed by atoms with Gasteiger partial charge in [-0.3, -0.25) is 4.79 Å². The first kappa shape index (κ1) is 17.9. The van der Waals surface area contributed by atoms with Gasteiger partial charge in [-0.25, -0.2) is 9.18 Å². The van der Waals surface area contributed by atoms with Crippen LogP contribution in [0, 0.1) is 19.7 Å². The molecule has 1 aliphatic rings. The van der Waals surface area contributed by atoms with E-state index in [1.165, 1.54) is 17.7 Å². The Morgan fingerprint density at radius 3 is 2.73 bits per heavy atom. The summed E-state index contributed by atoms with van der Waals surface area (Å²) in [6, 6.07) is 10.9. The summed E-state index contributed by atoms with van der Waals surface area (Å²) >= 11 is 0. The highest BCUT2D eigenvalue weighted by Gasteiger charge is 2.33. The predicted octanol–water partition coefficient (Wildman–Crippen LogP) is 3.05. The van der Waals surface area contributed by atoms with E-state index >= 15 is 0 Å². The van der Waals surface area contributed by atoms with Crippen molar-refractivity contribution in [1.29, 1.82) is 0 Å². The van der Waals surface area contributed by atoms with Crippen molar-refractivity contribution in [3.05, 3.63) is 65.0 Å². The number of carbonyl (C=O) groups excluding carboxylic acids is 2. The third-order valence-corrected chi connectivity index (χ3v) is 4.66. The lowest BCUT2D eigenvalue weighted by molar-refractivity contribution is -0.118. The Morgan fingerprint density at radius 1 is 1.19 bits per heavy atom. The number of rotatable bonds is 4. The maximum atomic E-state index is 13.1. The highest BCUT2D eigenvalue weighted by atomic mass is 19.1. The minimum absolute atomic E-state index is 0.117. The molecule has 0 spiro atoms. The zero-order valence-corrected chi connectivity index (χ0v) is 14.9. The van der Waals surface area contributed by atoms with Gasteiger partial charge in [0.05, 0.1) is 0 Å². The molecule has 3 rings (SSSR count). The number of hydrogen-bond acceptors (Lipinski definition) is 2. The van der Waals surface area contributed by atoms with Crippen LogP contribution >= 0.6 is 0 Å². The highest BCUT2D eigenvalue weighted by molar-refractivity contribution is 6.01. The molecule has 3 amide bonds. The number of hydrogen-bond donors (Lipinski definition) is 2. The lowest BCUT2D eigenvalue weighted by atomic mass is 10.1. The molecule has 0 radical (unpaired) electrons. The summed E-state index contributed by atoms with van der Waals surface area (Å²) in [4.78, 5) is 26.3. The maximum absolute atomic E-state index is 13.1. The molecule has 2 N–H and O–H groups in total. The number of nitrogens with one attached hydrogen (secondary N) is 2. The van der Waals surface area contributed by atoms with Crippen LogP contribution in [0.2, 0.25) is 0 Å². The average molecular weight is 355 g/mol. The van der Waals surface area contributed by atoms with Gasteiger partial charge < -0.3 is 15.5 Å². The second-order valence-corrected chi connectivity index (χ2v) is 6.56. The van der Waals surface area contributed by atoms with E-state index in [-0.39, 0.29) is 18.3 Å². The topological polar surface area (TPSA) is 61.4 Å². The molecule has 0 bridgehead atoms. The Labute approximate surface area is 152 Å². The van der Waals surface area contributed by atoms with Gasteiger partial charge in [0.25, 0.3) is 0 Å². The number of urea groups is 1. The molecule has 0 saturated carbocycles. The number of benzene rings is 2. The van der Waals surface area contributed by atoms with E-state index in [1.54, 1.807) is 17.0 Å². The first-order chi connectivity index (χ1) is 12.4. The fraction of sp³-hybridized carbons (Fsp3) is 0.300. The zero-order chi connectivity index (χ0) is 18.7. The number of halogens is 1. The summed E-state index contributed by atoms with van der Waals surface area (Å²) < 4.78 is 13.1. The minimum atomic E-state index is -0.552. The van der Waals surface area contributed by atoms with E-state index in [9.17, 15) is 14.0 Å². The molecule has 1 fully saturated rings. The molecule has 0 aliphatic carbocycles. The first-order valence-corrected chi connectivity index (χ1v) is 8.61. The molecule has 1 aliphatic heterocycles. The molecule has 5 nitrogen and oxygen atoms in total. The first-order valence-electron chi connectivity index (χ1n) is 8.61. The maximum Gasteiger partial charge on any atom is 0.315 e. The normalized spacial score (nSPS) is 16.7. The third-order valence-electron chi connectivity index (χ3n) is 4.66. The van der Waals surface area contributed by atoms with Crippen LogP contribution in [0.15, 0.2) is 42.5 Å². The van der Waals surface area contributed by atoms with Crippen molar-refractivity contribution in [2.75, 3.05) is 11.4 Å². The Kier molecular flexibility index (Phi) is 5.21. The van der Waals surface area contributed by atoms with E-state index < -0.39 is 12.1 Å². The lowest BCUT2D eigenvalue weighted by Gasteiger charge is -2.18. The van der Waals surface area contributed by atoms with Crippen LogP contribution in [0.4, 0.5) is 14.9 Å². The van der Waals surface area contributed by atoms with E-state index in [4.69, 9.17) is 0 Å². The van der Waals surface area contributed by atoms with Gasteiger partial charge in [0.15, 0.2) is 0 Å². The molecule has 0 unspecified atom stereocenters. The van der Waals surface area contributed by atoms with E-state index in [0.29, 0.717) is 18.5 Å². The van der Waals surface area contributed by atoms with Crippen molar-refractivity contribution in [3.63, 3.8) is 0 Å². The summed E-state index contributed by atoms with van der Waals surface area (Å²) in [6.45, 7) is 4.80. The Morgan fingerprint density at radius 2 is 2.00 bits per heavy atom. The van der Waals surface area contributed by atoms with Crippen molar-refractivity contribution in [1.82, 2.24) is 10.6 Å². The van der Waals surface area contributed by atoms with Gasteiger partial charge in [-0.15, -0.1) is 0 Å². The summed E-state index contributed by atoms with van der Waals surface area (Å²) in [7, 11) is 0. The largest absolute Gasteiger partial charge is 0.334 e. The molecule has 136 valence electrons. The van der Waals surface area contributed by atoms with E-state index in [1.807, 2.05) is 32.0 Å². The van der Waals surface area contributed by atoms with Crippen LogP contribution in [0.5, 0.6) is 0 Å². The SMILES string of the molecule is Cc1ccc(N2CC[C@@H](NC(=O)NCc3cccc(F)c3)C2=O)cc1C. The molecule has 6 heteroatoms. The Balaban J connectivity index is 1.56. The number of amides is 3. The second-order valence-electron chi connectivity index (χ2n) is 6.56. The van der Waals surface area contributed by atoms with Crippen molar-refractivity contribution in [3.8, 4) is 0 Å². The molecule has 2 aromatic carbocycles. The van der Waals surface area contributed by atoms with Crippen LogP contribution in [-0.4, -0.2) is 24.5 Å². The summed E-state index contributed by atoms with van der Waals surface area (Å²) in [5.74, 6) is -0.464. The van der Waals surface area contributed by atoms with Crippen LogP contribution in [0.25, 0.3) is 0 Å². The number of aryl methyl sites for hydroxylation is 2. The van der Waals surface area contributed by atoms with Crippen LogP contribution in [0.3, 0.4) is 0 Å². The predicted molar refractivity (Wildman–Crippen MR) is 98.4 cm³/mol. The molecule has 1 atom stereocenters. The third kappa shape index (κ3) is 4.02. The van der Waals surface area contributed by atoms with Gasteiger partial charge in [-0.05, 0) is 61.2 Å². The van der Waals surface area contributed by atoms with Gasteiger partial charge in [0, 0.05) is 18.8 Å². The molecular weight excluding hydrogens is 333 g/mol. The van der Waals surface area contributed by atoms with E-state index in [0.717, 1.165) is 11.3 Å². The quantitative estimate of drug-likeness (QED) is 0.886. The van der Waals surface area contributed by atoms with E-state index in [2.05, 4.69) is 10.6 Å². The molecule has 26 heavy (non-hydrogen) atoms. The summed E-state index contributed by atoms with van der Waals surface area (Å²) in [6.07, 6.45) is 0.555. The number of anilines is 1. The average Bonchev–Trinajstić information content (AvgIpc) is 2.96. The highest BCUT2D eigenvalue weighted by Crippen LogP contribution is 2.24. The van der Waals surface area contributed by atoms with Crippen LogP contribution in [0.1, 0.15) is 23.1 Å². The molecule has 0 aromatic heterocycles. The lowest BCUT2D eigenvalue weighted by Crippen LogP contribution is -2.46. The molecule has 1 saturated heterocycles. The summed E-state index contributed by atoms with van der Waals surface area (Å²) in [5.41, 5.74) is 3.81. The summed E-state index contributed by atoms with van der Waals surface area (Å²) in [5, 5.41) is 5.36. The van der Waals surface area contributed by atoms with Crippen molar-refractivity contribution < 1.29 is 14.0 Å². The number of nitrogens with zero attached hydrogens (tertiary/aromatic N) is 1. The van der Waals surface area contributed by atoms with Crippen LogP contribution in [-0.2, 0) is 11.3 Å². The fourth-order valence-corrected chi connectivity index (χ4v) is 3.00. The fourth-order valence-electron chi connectivity index (χ4n) is 3.00. The van der Waals surface area contributed by atoms with Gasteiger partial charge >= 0.3 is 6.03 Å². The van der Waals surface area contributed by atoms with Gasteiger partial charge in [0.2, 0.25) is 5.91 Å². The van der Waals surface area contributed by atoms with Crippen molar-refractivity contribution in [2.24, 2.45) is 0 Å². The minimum Gasteiger partial charge on any atom is -0.334 e. The smallest absolute Gasteiger partial charge is 0.315 e. The Hall–Kier alpha value is -2.89. The standard InChI is InChI=1S/C20H22FN3O2/c1-13-6-7-17(10-14(13)2)24-9-8-18(19(24)25)23-20(26)22-12-15-4-3-5-16(21)11-15/h3-7,10-11,18H,8-9,12H2,1-2H3,(H2,22,23,26)/t18-/m1/s1. The van der Waals surface area contributed by atoms with Gasteiger partial charge in [-0.2, -0.15) is 0 Å². The molecular formula is C20H22FN3O2. The van der Waals surface area contributed by atoms with Crippen molar-refractivity contribution in [2.45, 2.75) is 32.9 Å². The monoisotopic (exact) mass is 355 g/mol. The van der Waals surface area contributed by atoms with Gasteiger partial charge in [0.1, 0.15) is 11.9 Å².